The van der Waals surface area contributed by atoms with E-state index < -0.39 is 12.1 Å². The first-order chi connectivity index (χ1) is 6.73. The highest BCUT2D eigenvalue weighted by molar-refractivity contribution is 9.10. The van der Waals surface area contributed by atoms with Gasteiger partial charge in [0.25, 0.3) is 0 Å². The summed E-state index contributed by atoms with van der Waals surface area (Å²) in [5.41, 5.74) is 4.79. The van der Waals surface area contributed by atoms with Crippen LogP contribution in [0.25, 0.3) is 0 Å². The second-order valence-corrected chi connectivity index (χ2v) is 3.33. The summed E-state index contributed by atoms with van der Waals surface area (Å²) in [4.78, 5) is 8.78. The highest BCUT2D eigenvalue weighted by Gasteiger charge is 2.28. The molecule has 0 fully saturated rings. The number of benzene rings is 1. The van der Waals surface area contributed by atoms with Crippen LogP contribution in [0.5, 0.6) is 0 Å². The third kappa shape index (κ3) is 6.92. The molecule has 0 unspecified atom stereocenters. The third-order valence-electron chi connectivity index (χ3n) is 1.14. The van der Waals surface area contributed by atoms with E-state index in [0.717, 1.165) is 10.2 Å². The average Bonchev–Trinajstić information content (AvgIpc) is 2.09. The molecular formula is C8H7BrF3NO2. The van der Waals surface area contributed by atoms with Crippen molar-refractivity contribution in [2.24, 2.45) is 0 Å². The summed E-state index contributed by atoms with van der Waals surface area (Å²) in [5, 5.41) is 8.78. The van der Waals surface area contributed by atoms with Gasteiger partial charge in [0, 0.05) is 4.47 Å². The van der Waals surface area contributed by atoms with Gasteiger partial charge in [-0.2, -0.15) is 13.2 Å². The van der Waals surface area contributed by atoms with Gasteiger partial charge in [-0.25, -0.2) is 0 Å². The van der Waals surface area contributed by atoms with E-state index in [0.29, 0.717) is 0 Å². The first-order valence-corrected chi connectivity index (χ1v) is 4.38. The van der Waals surface area contributed by atoms with Gasteiger partial charge < -0.3 is 15.6 Å². The van der Waals surface area contributed by atoms with Crippen molar-refractivity contribution in [2.75, 3.05) is 0 Å². The van der Waals surface area contributed by atoms with Gasteiger partial charge in [0.2, 0.25) is 0 Å². The summed E-state index contributed by atoms with van der Waals surface area (Å²) in [7, 11) is 0. The van der Waals surface area contributed by atoms with Crippen molar-refractivity contribution in [3.63, 3.8) is 0 Å². The third-order valence-corrected chi connectivity index (χ3v) is 1.67. The van der Waals surface area contributed by atoms with E-state index in [4.69, 9.17) is 9.90 Å². The Morgan fingerprint density at radius 2 is 1.60 bits per heavy atom. The Bertz CT molecular complexity index is 303. The van der Waals surface area contributed by atoms with Crippen LogP contribution >= 0.6 is 15.9 Å². The maximum atomic E-state index is 10.5. The zero-order valence-electron chi connectivity index (χ0n) is 7.34. The molecule has 0 bridgehead atoms. The van der Waals surface area contributed by atoms with E-state index in [-0.39, 0.29) is 0 Å². The number of quaternary nitrogens is 1. The number of hydrogen-bond donors (Lipinski definition) is 1. The summed E-state index contributed by atoms with van der Waals surface area (Å²) >= 11 is 3.32. The van der Waals surface area contributed by atoms with Crippen molar-refractivity contribution < 1.29 is 28.8 Å². The van der Waals surface area contributed by atoms with Crippen LogP contribution in [-0.2, 0) is 4.79 Å². The van der Waals surface area contributed by atoms with Gasteiger partial charge in [-0.05, 0) is 24.3 Å². The van der Waals surface area contributed by atoms with E-state index >= 15 is 0 Å². The van der Waals surface area contributed by atoms with E-state index in [2.05, 4.69) is 21.7 Å². The minimum absolute atomic E-state index is 1.05. The van der Waals surface area contributed by atoms with Crippen LogP contribution in [0.4, 0.5) is 18.9 Å². The van der Waals surface area contributed by atoms with Crippen molar-refractivity contribution in [1.82, 2.24) is 0 Å². The molecule has 0 aromatic heterocycles. The smallest absolute Gasteiger partial charge is 0.430 e. The number of carboxylic acids is 1. The van der Waals surface area contributed by atoms with Crippen molar-refractivity contribution in [3.05, 3.63) is 28.7 Å². The van der Waals surface area contributed by atoms with Crippen LogP contribution in [0.15, 0.2) is 28.7 Å². The van der Waals surface area contributed by atoms with Gasteiger partial charge in [0.1, 0.15) is 11.7 Å². The van der Waals surface area contributed by atoms with Gasteiger partial charge in [-0.1, -0.05) is 15.9 Å². The van der Waals surface area contributed by atoms with Crippen LogP contribution in [0.1, 0.15) is 0 Å². The summed E-state index contributed by atoms with van der Waals surface area (Å²) in [6.45, 7) is 0. The Hall–Kier alpha value is -1.08. The van der Waals surface area contributed by atoms with Gasteiger partial charge >= 0.3 is 6.18 Å². The quantitative estimate of drug-likeness (QED) is 0.759. The van der Waals surface area contributed by atoms with Gasteiger partial charge in [0.05, 0.1) is 0 Å². The van der Waals surface area contributed by atoms with E-state index in [1.165, 1.54) is 0 Å². The summed E-state index contributed by atoms with van der Waals surface area (Å²) in [6.07, 6.45) is -5.19. The normalized spacial score (nSPS) is 10.2. The molecule has 1 rings (SSSR count). The van der Waals surface area contributed by atoms with Gasteiger partial charge in [0.15, 0.2) is 0 Å². The standard InChI is InChI=1S/C6H6BrN.C2HF3O2/c7-5-1-3-6(8)4-2-5;3-2(4,5)1(6)7/h1-4H,8H2;(H,6,7). The molecular weight excluding hydrogens is 279 g/mol. The number of aliphatic carboxylic acids is 1. The molecule has 1 aromatic rings. The maximum absolute atomic E-state index is 10.5. The Morgan fingerprint density at radius 3 is 1.80 bits per heavy atom. The van der Waals surface area contributed by atoms with Crippen molar-refractivity contribution in [1.29, 1.82) is 0 Å². The van der Waals surface area contributed by atoms with Crippen molar-refractivity contribution in [2.45, 2.75) is 6.18 Å². The first-order valence-electron chi connectivity index (χ1n) is 3.59. The van der Waals surface area contributed by atoms with E-state index in [9.17, 15) is 13.2 Å². The van der Waals surface area contributed by atoms with Crippen LogP contribution in [0.2, 0.25) is 0 Å². The Balaban J connectivity index is 0.000000265. The molecule has 0 aliphatic carbocycles. The lowest BCUT2D eigenvalue weighted by Gasteiger charge is -2.03. The second kappa shape index (κ2) is 5.72. The fraction of sp³-hybridized carbons (Fsp3) is 0.125. The monoisotopic (exact) mass is 285 g/mol. The van der Waals surface area contributed by atoms with E-state index in [1.54, 1.807) is 0 Å². The second-order valence-electron chi connectivity index (χ2n) is 2.41. The predicted molar refractivity (Wildman–Crippen MR) is 47.8 cm³/mol. The Kier molecular flexibility index (Phi) is 5.31. The lowest BCUT2D eigenvalue weighted by atomic mass is 10.3. The zero-order valence-corrected chi connectivity index (χ0v) is 8.93. The summed E-state index contributed by atoms with van der Waals surface area (Å²) in [6, 6.07) is 7.87. The molecule has 3 N–H and O–H groups in total. The summed E-state index contributed by atoms with van der Waals surface area (Å²) < 4.78 is 32.7. The number of rotatable bonds is 0. The van der Waals surface area contributed by atoms with Crippen LogP contribution in [-0.4, -0.2) is 12.1 Å². The number of hydrogen-bond acceptors (Lipinski definition) is 2. The molecule has 1 aromatic carbocycles. The molecule has 0 amide bonds. The number of alkyl halides is 3. The number of carbonyl (C=O) groups is 1. The van der Waals surface area contributed by atoms with Crippen LogP contribution in [0.3, 0.4) is 0 Å². The van der Waals surface area contributed by atoms with Crippen LogP contribution < -0.4 is 10.8 Å². The highest BCUT2D eigenvalue weighted by atomic mass is 79.9. The molecule has 0 saturated heterocycles. The Labute approximate surface area is 91.8 Å². The van der Waals surface area contributed by atoms with E-state index in [1.807, 2.05) is 24.3 Å². The van der Waals surface area contributed by atoms with Crippen LogP contribution in [0, 0.1) is 0 Å². The molecule has 0 spiro atoms. The molecule has 0 aliphatic rings. The molecule has 0 radical (unpaired) electrons. The first kappa shape index (κ1) is 13.9. The molecule has 0 saturated carbocycles. The lowest BCUT2D eigenvalue weighted by molar-refractivity contribution is -0.344. The zero-order chi connectivity index (χ0) is 12.1. The molecule has 0 aliphatic heterocycles. The topological polar surface area (TPSA) is 67.8 Å². The molecule has 7 heteroatoms. The minimum Gasteiger partial charge on any atom is -0.542 e. The highest BCUT2D eigenvalue weighted by Crippen LogP contribution is 2.11. The van der Waals surface area contributed by atoms with Gasteiger partial charge in [-0.15, -0.1) is 0 Å². The molecule has 3 nitrogen and oxygen atoms in total. The van der Waals surface area contributed by atoms with Crippen molar-refractivity contribution in [3.8, 4) is 0 Å². The minimum atomic E-state index is -5.19. The van der Waals surface area contributed by atoms with Gasteiger partial charge in [-0.3, -0.25) is 0 Å². The molecule has 15 heavy (non-hydrogen) atoms. The fourth-order valence-corrected chi connectivity index (χ4v) is 0.749. The van der Waals surface area contributed by atoms with Crippen molar-refractivity contribution >= 4 is 27.6 Å². The summed E-state index contributed by atoms with van der Waals surface area (Å²) in [5.74, 6) is -3.01. The SMILES string of the molecule is O=C([O-])C(F)(F)F.[NH3+]c1ccc(Br)cc1. The molecule has 0 atom stereocenters. The average molecular weight is 286 g/mol. The number of halogens is 4. The molecule has 84 valence electrons. The predicted octanol–water partition coefficient (Wildman–Crippen LogP) is 0.621. The number of carbonyl (C=O) groups excluding carboxylic acids is 1. The Morgan fingerprint density at radius 1 is 1.27 bits per heavy atom. The number of carboxylic acid groups (broad SMARTS) is 1. The maximum Gasteiger partial charge on any atom is 0.430 e. The largest absolute Gasteiger partial charge is 0.542 e. The lowest BCUT2D eigenvalue weighted by Crippen LogP contribution is -2.39. The fourth-order valence-electron chi connectivity index (χ4n) is 0.484. The molecule has 0 heterocycles.